The van der Waals surface area contributed by atoms with Crippen molar-refractivity contribution in [3.63, 3.8) is 0 Å². The smallest absolute Gasteiger partial charge is 0.169 e. The molecule has 5 nitrogen and oxygen atoms in total. The van der Waals surface area contributed by atoms with Gasteiger partial charge in [-0.15, -0.1) is 0 Å². The predicted molar refractivity (Wildman–Crippen MR) is 184 cm³/mol. The molecule has 0 saturated heterocycles. The number of rotatable bonds is 4. The van der Waals surface area contributed by atoms with E-state index in [-0.39, 0.29) is 6.04 Å². The summed E-state index contributed by atoms with van der Waals surface area (Å²) in [6.07, 6.45) is 3.51. The molecule has 9 rings (SSSR count). The molecule has 45 heavy (non-hydrogen) atoms. The summed E-state index contributed by atoms with van der Waals surface area (Å²) in [5.41, 5.74) is 6.33. The van der Waals surface area contributed by atoms with Crippen LogP contribution < -0.4 is 10.6 Å². The zero-order valence-corrected chi connectivity index (χ0v) is 24.3. The number of aliphatic imine (C=N–C) groups is 2. The molecule has 0 amide bonds. The molecule has 0 saturated carbocycles. The molecule has 5 heteroatoms. The second-order valence-electron chi connectivity index (χ2n) is 11.5. The van der Waals surface area contributed by atoms with E-state index in [1.165, 1.54) is 27.1 Å². The van der Waals surface area contributed by atoms with Crippen molar-refractivity contribution in [2.24, 2.45) is 9.98 Å². The lowest BCUT2D eigenvalue weighted by molar-refractivity contribution is 0.585. The third kappa shape index (κ3) is 4.48. The maximum atomic E-state index is 6.22. The summed E-state index contributed by atoms with van der Waals surface area (Å²) in [6.45, 7) is 0. The number of para-hydroxylation sites is 1. The van der Waals surface area contributed by atoms with Gasteiger partial charge in [-0.2, -0.15) is 0 Å². The lowest BCUT2D eigenvalue weighted by atomic mass is 9.98. The molecule has 3 heterocycles. The van der Waals surface area contributed by atoms with E-state index in [2.05, 4.69) is 126 Å². The number of furan rings is 1. The van der Waals surface area contributed by atoms with E-state index >= 15 is 0 Å². The quantitative estimate of drug-likeness (QED) is 0.218. The van der Waals surface area contributed by atoms with Crippen LogP contribution in [0, 0.1) is 0 Å². The summed E-state index contributed by atoms with van der Waals surface area (Å²) < 4.78 is 6.22. The molecule has 2 atom stereocenters. The van der Waals surface area contributed by atoms with Gasteiger partial charge in [0.05, 0.1) is 0 Å². The summed E-state index contributed by atoms with van der Waals surface area (Å²) >= 11 is 0. The number of fused-ring (bicyclic) bond motifs is 5. The van der Waals surface area contributed by atoms with Gasteiger partial charge in [0, 0.05) is 22.7 Å². The molecule has 0 aliphatic carbocycles. The van der Waals surface area contributed by atoms with Crippen molar-refractivity contribution in [1.29, 1.82) is 0 Å². The van der Waals surface area contributed by atoms with Crippen molar-refractivity contribution < 1.29 is 4.42 Å². The Morgan fingerprint density at radius 2 is 1.22 bits per heavy atom. The van der Waals surface area contributed by atoms with Crippen molar-refractivity contribution in [3.8, 4) is 11.1 Å². The van der Waals surface area contributed by atoms with Crippen LogP contribution in [0.1, 0.15) is 34.7 Å². The van der Waals surface area contributed by atoms with Gasteiger partial charge in [-0.05, 0) is 62.5 Å². The predicted octanol–water partition coefficient (Wildman–Crippen LogP) is 9.17. The number of hydrogen-bond acceptors (Lipinski definition) is 5. The molecule has 6 aromatic carbocycles. The molecule has 2 aliphatic rings. The Labute approximate surface area is 260 Å². The lowest BCUT2D eigenvalue weighted by Crippen LogP contribution is -2.43. The van der Waals surface area contributed by atoms with Gasteiger partial charge in [-0.1, -0.05) is 115 Å². The summed E-state index contributed by atoms with van der Waals surface area (Å²) in [5, 5.41) is 13.1. The number of nitrogens with one attached hydrogen (secondary N) is 2. The molecule has 2 unspecified atom stereocenters. The Balaban J connectivity index is 1.13. The number of hydrogen-bond donors (Lipinski definition) is 2. The summed E-state index contributed by atoms with van der Waals surface area (Å²) in [7, 11) is 0. The first-order valence-electron chi connectivity index (χ1n) is 15.2. The molecule has 2 aliphatic heterocycles. The molecule has 214 valence electrons. The van der Waals surface area contributed by atoms with Gasteiger partial charge in [0.2, 0.25) is 0 Å². The fourth-order valence-corrected chi connectivity index (χ4v) is 6.49. The van der Waals surface area contributed by atoms with Crippen molar-refractivity contribution in [1.82, 2.24) is 10.6 Å². The zero-order chi connectivity index (χ0) is 29.7. The van der Waals surface area contributed by atoms with Crippen LogP contribution in [0.4, 0.5) is 0 Å². The van der Waals surface area contributed by atoms with Crippen LogP contribution in [0.2, 0.25) is 0 Å². The highest BCUT2D eigenvalue weighted by atomic mass is 16.3. The van der Waals surface area contributed by atoms with Gasteiger partial charge < -0.3 is 15.1 Å². The summed E-state index contributed by atoms with van der Waals surface area (Å²) in [6, 6.07) is 46.5. The third-order valence-corrected chi connectivity index (χ3v) is 8.80. The van der Waals surface area contributed by atoms with Crippen molar-refractivity contribution in [3.05, 3.63) is 162 Å². The summed E-state index contributed by atoms with van der Waals surface area (Å²) in [4.78, 5) is 10.4. The Morgan fingerprint density at radius 3 is 2.00 bits per heavy atom. The number of amidine groups is 2. The van der Waals surface area contributed by atoms with Gasteiger partial charge in [0.25, 0.3) is 0 Å². The minimum Gasteiger partial charge on any atom is -0.456 e. The largest absolute Gasteiger partial charge is 0.456 e. The van der Waals surface area contributed by atoms with E-state index in [1.54, 1.807) is 0 Å². The average molecular weight is 581 g/mol. The van der Waals surface area contributed by atoms with Crippen molar-refractivity contribution in [2.45, 2.75) is 12.2 Å². The van der Waals surface area contributed by atoms with E-state index in [9.17, 15) is 0 Å². The van der Waals surface area contributed by atoms with E-state index in [0.717, 1.165) is 50.7 Å². The van der Waals surface area contributed by atoms with E-state index in [0.29, 0.717) is 0 Å². The highest BCUT2D eigenvalue weighted by molar-refractivity contribution is 6.14. The molecule has 0 spiro atoms. The van der Waals surface area contributed by atoms with Gasteiger partial charge in [-0.3, -0.25) is 0 Å². The van der Waals surface area contributed by atoms with Crippen LogP contribution in [0.15, 0.2) is 154 Å². The lowest BCUT2D eigenvalue weighted by Gasteiger charge is -2.29. The Hall–Kier alpha value is -5.94. The van der Waals surface area contributed by atoms with Crippen molar-refractivity contribution >= 4 is 50.3 Å². The van der Waals surface area contributed by atoms with Crippen LogP contribution >= 0.6 is 0 Å². The first kappa shape index (κ1) is 25.5. The molecule has 0 radical (unpaired) electrons. The first-order chi connectivity index (χ1) is 22.3. The maximum absolute atomic E-state index is 6.22. The van der Waals surface area contributed by atoms with Crippen LogP contribution in [-0.2, 0) is 0 Å². The number of benzene rings is 6. The van der Waals surface area contributed by atoms with E-state index in [1.807, 2.05) is 30.5 Å². The molecule has 7 aromatic rings. The van der Waals surface area contributed by atoms with Gasteiger partial charge in [0.15, 0.2) is 6.17 Å². The second-order valence-corrected chi connectivity index (χ2v) is 11.5. The standard InChI is InChI=1S/C40H28N4O/c1-3-9-29-23-31(19-15-25(29)7-1)27-13-17-28(18-14-27)38-42-39(32-20-16-26-8-2-4-10-30(26)24-32)44-40(43-38)37-36-33-11-5-6-12-34(33)45-35(36)21-22-41-37/h1-24,37-38,41H,(H,42,43,44). The fourth-order valence-electron chi connectivity index (χ4n) is 6.49. The van der Waals surface area contributed by atoms with Crippen LogP contribution in [-0.4, -0.2) is 11.7 Å². The highest BCUT2D eigenvalue weighted by Gasteiger charge is 2.31. The zero-order valence-electron chi connectivity index (χ0n) is 24.3. The topological polar surface area (TPSA) is 61.9 Å². The maximum Gasteiger partial charge on any atom is 0.169 e. The molecule has 1 aromatic heterocycles. The molecular formula is C40H28N4O. The number of nitrogens with zero attached hydrogens (tertiary/aromatic N) is 2. The SMILES string of the molecule is C1=Cc2oc3ccccc3c2C(C2=NC(c3ccc(-c4ccc5ccccc5c4)cc3)N=C(c3ccc4ccccc4c3)N2)N1. The Bertz CT molecular complexity index is 2350. The first-order valence-corrected chi connectivity index (χ1v) is 15.2. The second kappa shape index (κ2) is 10.4. The van der Waals surface area contributed by atoms with Crippen LogP contribution in [0.5, 0.6) is 0 Å². The molecule has 0 bridgehead atoms. The van der Waals surface area contributed by atoms with Crippen molar-refractivity contribution in [2.75, 3.05) is 0 Å². The minimum absolute atomic E-state index is 0.223. The molecular weight excluding hydrogens is 552 g/mol. The highest BCUT2D eigenvalue weighted by Crippen LogP contribution is 2.36. The molecule has 2 N–H and O–H groups in total. The van der Waals surface area contributed by atoms with Crippen LogP contribution in [0.3, 0.4) is 0 Å². The summed E-state index contributed by atoms with van der Waals surface area (Å²) in [5.74, 6) is 2.43. The van der Waals surface area contributed by atoms with Crippen LogP contribution in [0.25, 0.3) is 49.7 Å². The van der Waals surface area contributed by atoms with Gasteiger partial charge in [0.1, 0.15) is 29.1 Å². The normalized spacial score (nSPS) is 17.4. The fraction of sp³-hybridized carbons (Fsp3) is 0.0500. The van der Waals surface area contributed by atoms with Gasteiger partial charge >= 0.3 is 0 Å². The monoisotopic (exact) mass is 580 g/mol. The van der Waals surface area contributed by atoms with E-state index < -0.39 is 6.17 Å². The third-order valence-electron chi connectivity index (χ3n) is 8.80. The molecule has 0 fully saturated rings. The average Bonchev–Trinajstić information content (AvgIpc) is 3.50. The van der Waals surface area contributed by atoms with Gasteiger partial charge in [-0.25, -0.2) is 9.98 Å². The Morgan fingerprint density at radius 1 is 0.578 bits per heavy atom. The van der Waals surface area contributed by atoms with E-state index in [4.69, 9.17) is 14.4 Å². The Kier molecular flexibility index (Phi) is 5.88. The minimum atomic E-state index is -0.414.